The first-order valence-electron chi connectivity index (χ1n) is 9.28. The summed E-state index contributed by atoms with van der Waals surface area (Å²) in [5, 5.41) is 3.69. The molecule has 0 fully saturated rings. The van der Waals surface area contributed by atoms with Crippen molar-refractivity contribution in [2.75, 3.05) is 5.32 Å². The third-order valence-corrected chi connectivity index (χ3v) is 5.35. The summed E-state index contributed by atoms with van der Waals surface area (Å²) < 4.78 is 57.1. The molecule has 0 aliphatic carbocycles. The van der Waals surface area contributed by atoms with Gasteiger partial charge in [-0.25, -0.2) is 4.39 Å². The number of rotatable bonds is 4. The largest absolute Gasteiger partial charge is 0.425 e. The van der Waals surface area contributed by atoms with Gasteiger partial charge in [0.1, 0.15) is 17.2 Å². The van der Waals surface area contributed by atoms with Gasteiger partial charge < -0.3 is 10.6 Å². The summed E-state index contributed by atoms with van der Waals surface area (Å²) in [6.45, 7) is -0.168. The number of nitrogens with one attached hydrogen (secondary N) is 3. The molecule has 0 spiro atoms. The highest BCUT2D eigenvalue weighted by atomic mass is 32.1. The van der Waals surface area contributed by atoms with Crippen LogP contribution in [0.3, 0.4) is 0 Å². The van der Waals surface area contributed by atoms with E-state index in [1.54, 1.807) is 23.5 Å². The van der Waals surface area contributed by atoms with Gasteiger partial charge in [-0.1, -0.05) is 6.07 Å². The van der Waals surface area contributed by atoms with E-state index in [2.05, 4.69) is 9.97 Å². The number of fused-ring (bicyclic) bond motifs is 1. The Hall–Kier alpha value is -3.87. The summed E-state index contributed by atoms with van der Waals surface area (Å²) in [6, 6.07) is 8.47. The van der Waals surface area contributed by atoms with Crippen LogP contribution in [-0.4, -0.2) is 32.5 Å². The van der Waals surface area contributed by atoms with Gasteiger partial charge in [0.05, 0.1) is 12.2 Å². The van der Waals surface area contributed by atoms with Crippen LogP contribution in [0.5, 0.6) is 0 Å². The molecule has 1 atom stereocenters. The Balaban J connectivity index is 1.89. The van der Waals surface area contributed by atoms with Gasteiger partial charge in [-0.3, -0.25) is 28.9 Å². The third kappa shape index (κ3) is 3.69. The number of pyridine rings is 1. The van der Waals surface area contributed by atoms with E-state index in [9.17, 15) is 31.9 Å². The summed E-state index contributed by atoms with van der Waals surface area (Å²) in [5.74, 6) is -4.27. The Kier molecular flexibility index (Phi) is 5.36. The van der Waals surface area contributed by atoms with Crippen molar-refractivity contribution in [3.8, 4) is 0 Å². The normalized spacial score (nSPS) is 17.4. The number of anilines is 1. The first-order valence-corrected chi connectivity index (χ1v) is 9.69. The zero-order chi connectivity index (χ0) is 24.0. The molecule has 0 saturated carbocycles. The minimum atomic E-state index is -5.42. The fraction of sp³-hybridized carbons (Fsp3) is 0.150. The second-order valence-corrected chi connectivity index (χ2v) is 7.44. The zero-order valence-electron chi connectivity index (χ0n) is 16.4. The molecule has 1 aromatic carbocycles. The topological polar surface area (TPSA) is 109 Å². The summed E-state index contributed by atoms with van der Waals surface area (Å²) in [6.07, 6.45) is -3.97. The average molecular weight is 479 g/mol. The number of carbonyl (C=O) groups is 2. The summed E-state index contributed by atoms with van der Waals surface area (Å²) >= 11 is 5.09. The van der Waals surface area contributed by atoms with E-state index in [0.29, 0.717) is 5.69 Å². The smallest absolute Gasteiger partial charge is 0.326 e. The van der Waals surface area contributed by atoms with Crippen LogP contribution in [0.15, 0.2) is 53.5 Å². The highest BCUT2D eigenvalue weighted by Gasteiger charge is 2.68. The van der Waals surface area contributed by atoms with E-state index in [4.69, 9.17) is 12.2 Å². The standard InChI is InChI=1S/C20H13F4N5O3S/c21-11-6-4-10(5-7-11)15(30)28-19(20(22,23)24)13-14(26-17(19)32)29(18(33)27-16(13)31)9-12-3-1-2-8-25-12/h1-8H,9H2,(H,26,32)(H,28,30)(H,27,31,33)/t19-/m1/s1. The number of carbonyl (C=O) groups excluding carboxylic acids is 2. The molecule has 2 aromatic heterocycles. The lowest BCUT2D eigenvalue weighted by Crippen LogP contribution is -2.61. The maximum absolute atomic E-state index is 14.4. The van der Waals surface area contributed by atoms with Crippen LogP contribution in [0.1, 0.15) is 21.6 Å². The van der Waals surface area contributed by atoms with Crippen LogP contribution in [0.25, 0.3) is 0 Å². The van der Waals surface area contributed by atoms with Crippen molar-refractivity contribution in [2.24, 2.45) is 0 Å². The van der Waals surface area contributed by atoms with Crippen LogP contribution < -0.4 is 16.2 Å². The molecule has 0 bridgehead atoms. The number of benzene rings is 1. The quantitative estimate of drug-likeness (QED) is 0.394. The highest BCUT2D eigenvalue weighted by Crippen LogP contribution is 2.45. The number of hydrogen-bond donors (Lipinski definition) is 3. The van der Waals surface area contributed by atoms with Crippen LogP contribution in [0, 0.1) is 10.6 Å². The first kappa shape index (κ1) is 22.3. The molecular formula is C20H13F4N5O3S. The minimum Gasteiger partial charge on any atom is -0.326 e. The minimum absolute atomic E-state index is 0.168. The van der Waals surface area contributed by atoms with Crippen molar-refractivity contribution in [1.82, 2.24) is 19.9 Å². The molecule has 8 nitrogen and oxygen atoms in total. The van der Waals surface area contributed by atoms with Gasteiger partial charge in [0.2, 0.25) is 0 Å². The van der Waals surface area contributed by atoms with Crippen molar-refractivity contribution >= 4 is 29.9 Å². The molecule has 0 radical (unpaired) electrons. The molecule has 2 amide bonds. The predicted molar refractivity (Wildman–Crippen MR) is 109 cm³/mol. The Morgan fingerprint density at radius 2 is 1.85 bits per heavy atom. The third-order valence-electron chi connectivity index (χ3n) is 5.03. The lowest BCUT2D eigenvalue weighted by Gasteiger charge is -2.30. The van der Waals surface area contributed by atoms with Gasteiger partial charge in [-0.15, -0.1) is 0 Å². The van der Waals surface area contributed by atoms with E-state index in [0.717, 1.165) is 28.8 Å². The highest BCUT2D eigenvalue weighted by molar-refractivity contribution is 7.71. The fourth-order valence-electron chi connectivity index (χ4n) is 3.47. The number of aromatic nitrogens is 3. The van der Waals surface area contributed by atoms with Crippen molar-refractivity contribution in [1.29, 1.82) is 0 Å². The molecule has 3 N–H and O–H groups in total. The van der Waals surface area contributed by atoms with Gasteiger partial charge >= 0.3 is 6.18 Å². The Morgan fingerprint density at radius 1 is 1.15 bits per heavy atom. The number of amides is 2. The second-order valence-electron chi connectivity index (χ2n) is 7.05. The Bertz CT molecular complexity index is 1370. The molecule has 170 valence electrons. The van der Waals surface area contributed by atoms with E-state index in [-0.39, 0.29) is 16.9 Å². The van der Waals surface area contributed by atoms with Gasteiger partial charge in [-0.2, -0.15) is 13.2 Å². The second kappa shape index (κ2) is 7.92. The fourth-order valence-corrected chi connectivity index (χ4v) is 3.72. The number of halogens is 4. The van der Waals surface area contributed by atoms with E-state index in [1.807, 2.05) is 5.32 Å². The predicted octanol–water partition coefficient (Wildman–Crippen LogP) is 2.63. The zero-order valence-corrected chi connectivity index (χ0v) is 17.2. The first-order chi connectivity index (χ1) is 15.5. The number of hydrogen-bond acceptors (Lipinski definition) is 5. The van der Waals surface area contributed by atoms with Crippen molar-refractivity contribution < 1.29 is 27.2 Å². The van der Waals surface area contributed by atoms with Gasteiger partial charge in [-0.05, 0) is 48.6 Å². The number of nitrogens with zero attached hydrogens (tertiary/aromatic N) is 2. The van der Waals surface area contributed by atoms with Gasteiger partial charge in [0.15, 0.2) is 4.77 Å². The average Bonchev–Trinajstić information content (AvgIpc) is 3.05. The molecule has 1 aliphatic rings. The van der Waals surface area contributed by atoms with Crippen LogP contribution in [-0.2, 0) is 16.9 Å². The van der Waals surface area contributed by atoms with Gasteiger partial charge in [0.25, 0.3) is 22.9 Å². The molecule has 4 rings (SSSR count). The van der Waals surface area contributed by atoms with Crippen molar-refractivity contribution in [3.05, 3.63) is 86.4 Å². The lowest BCUT2D eigenvalue weighted by atomic mass is 9.91. The summed E-state index contributed by atoms with van der Waals surface area (Å²) in [5.41, 5.74) is -6.05. The van der Waals surface area contributed by atoms with Crippen LogP contribution >= 0.6 is 12.2 Å². The summed E-state index contributed by atoms with van der Waals surface area (Å²) in [7, 11) is 0. The van der Waals surface area contributed by atoms with E-state index < -0.39 is 46.3 Å². The molecule has 0 unspecified atom stereocenters. The lowest BCUT2D eigenvalue weighted by molar-refractivity contribution is -0.196. The molecule has 13 heteroatoms. The molecule has 1 aliphatic heterocycles. The Morgan fingerprint density at radius 3 is 2.45 bits per heavy atom. The Labute approximate surface area is 187 Å². The van der Waals surface area contributed by atoms with Gasteiger partial charge in [0, 0.05) is 11.8 Å². The molecule has 0 saturated heterocycles. The number of H-pyrrole nitrogens is 1. The van der Waals surface area contributed by atoms with Crippen LogP contribution in [0.2, 0.25) is 0 Å². The van der Waals surface area contributed by atoms with Crippen LogP contribution in [0.4, 0.5) is 23.4 Å². The SMILES string of the molecule is O=C(N[C@@]1(C(F)(F)F)C(=O)Nc2c1c(=O)[nH]c(=S)n2Cc1ccccn1)c1ccc(F)cc1. The number of aromatic amines is 1. The maximum atomic E-state index is 14.4. The van der Waals surface area contributed by atoms with E-state index in [1.165, 1.54) is 6.20 Å². The van der Waals surface area contributed by atoms with Crippen molar-refractivity contribution in [2.45, 2.75) is 18.3 Å². The monoisotopic (exact) mass is 479 g/mol. The molecule has 3 heterocycles. The molecule has 33 heavy (non-hydrogen) atoms. The van der Waals surface area contributed by atoms with Crippen molar-refractivity contribution in [3.63, 3.8) is 0 Å². The molecule has 3 aromatic rings. The number of alkyl halides is 3. The molecular weight excluding hydrogens is 466 g/mol. The summed E-state index contributed by atoms with van der Waals surface area (Å²) in [4.78, 5) is 44.2. The maximum Gasteiger partial charge on any atom is 0.425 e. The van der Waals surface area contributed by atoms with E-state index >= 15 is 0 Å².